The van der Waals surface area contributed by atoms with Crippen molar-refractivity contribution in [2.75, 3.05) is 0 Å². The van der Waals surface area contributed by atoms with Crippen LogP contribution in [-0.4, -0.2) is 0 Å². The second-order valence-electron chi connectivity index (χ2n) is 7.59. The SMILES string of the molecule is Sc1ccc(C#Cc2ccc(C#Cc3ccc(C#C[C]4[CH][CH][CH][CH]4)cc3)cc2)cc1.[CH]1[CH][CH][CH][CH]1.[Fe+2]. The summed E-state index contributed by atoms with van der Waals surface area (Å²) >= 11 is 4.29. The molecular weight excluding hydrogens is 496 g/mol. The summed E-state index contributed by atoms with van der Waals surface area (Å²) in [5.74, 6) is 20.1. The molecular formula is C34H22FeS+2. The van der Waals surface area contributed by atoms with Gasteiger partial charge in [-0.3, -0.25) is 0 Å². The zero-order chi connectivity index (χ0) is 24.1. The molecule has 0 amide bonds. The minimum Gasteiger partial charge on any atom is -0.143 e. The molecule has 0 spiro atoms. The van der Waals surface area contributed by atoms with Crippen molar-refractivity contribution in [2.24, 2.45) is 0 Å². The Bertz CT molecular complexity index is 1250. The van der Waals surface area contributed by atoms with Gasteiger partial charge in [-0.15, -0.1) is 12.6 Å². The molecule has 36 heavy (non-hydrogen) atoms. The monoisotopic (exact) mass is 518 g/mol. The number of benzene rings is 3. The molecule has 2 saturated carbocycles. The Hall–Kier alpha value is -2.79. The largest absolute Gasteiger partial charge is 2.00 e. The summed E-state index contributed by atoms with van der Waals surface area (Å²) in [4.78, 5) is 0.934. The third-order valence-electron chi connectivity index (χ3n) is 4.91. The van der Waals surface area contributed by atoms with Crippen molar-refractivity contribution in [3.63, 3.8) is 0 Å². The maximum Gasteiger partial charge on any atom is 2.00 e. The van der Waals surface area contributed by atoms with Crippen molar-refractivity contribution < 1.29 is 17.1 Å². The molecule has 2 aliphatic rings. The van der Waals surface area contributed by atoms with E-state index >= 15 is 0 Å². The Morgan fingerprint density at radius 2 is 0.639 bits per heavy atom. The van der Waals surface area contributed by atoms with E-state index < -0.39 is 0 Å². The van der Waals surface area contributed by atoms with Crippen LogP contribution in [0.1, 0.15) is 27.8 Å². The first-order valence-electron chi connectivity index (χ1n) is 11.2. The van der Waals surface area contributed by atoms with Crippen molar-refractivity contribution in [2.45, 2.75) is 4.90 Å². The zero-order valence-corrected chi connectivity index (χ0v) is 21.4. The standard InChI is InChI=1S/C29H17S.C5H5.Fe/c30-29-21-19-28(20-22-29)18-17-27-15-13-26(14-16-27)12-11-25-9-7-24(8-10-25)6-5-23-3-1-2-4-23;1-2-4-5-3-1;/h1-4,7-10,13-16,19-22,30H;1-5H;/q;;+2. The van der Waals surface area contributed by atoms with Crippen LogP contribution in [-0.2, 0) is 17.1 Å². The van der Waals surface area contributed by atoms with Crippen LogP contribution >= 0.6 is 12.6 Å². The van der Waals surface area contributed by atoms with Gasteiger partial charge < -0.3 is 0 Å². The van der Waals surface area contributed by atoms with Crippen LogP contribution < -0.4 is 0 Å². The summed E-state index contributed by atoms with van der Waals surface area (Å²) in [5.41, 5.74) is 4.84. The predicted octanol–water partition coefficient (Wildman–Crippen LogP) is 6.55. The van der Waals surface area contributed by atoms with Gasteiger partial charge in [0, 0.05) is 32.7 Å². The van der Waals surface area contributed by atoms with Gasteiger partial charge in [0.2, 0.25) is 0 Å². The number of hydrogen-bond acceptors (Lipinski definition) is 1. The number of thiol groups is 1. The Morgan fingerprint density at radius 3 is 0.972 bits per heavy atom. The van der Waals surface area contributed by atoms with Crippen LogP contribution in [0.2, 0.25) is 0 Å². The quantitative estimate of drug-likeness (QED) is 0.195. The molecule has 0 bridgehead atoms. The van der Waals surface area contributed by atoms with E-state index in [-0.39, 0.29) is 17.1 Å². The van der Waals surface area contributed by atoms with E-state index in [0.717, 1.165) is 38.6 Å². The Morgan fingerprint density at radius 1 is 0.361 bits per heavy atom. The normalized spacial score (nSPS) is 13.9. The van der Waals surface area contributed by atoms with Gasteiger partial charge in [-0.25, -0.2) is 0 Å². The Balaban J connectivity index is 0.000000538. The van der Waals surface area contributed by atoms with Crippen LogP contribution in [0.25, 0.3) is 0 Å². The molecule has 0 nitrogen and oxygen atoms in total. The summed E-state index contributed by atoms with van der Waals surface area (Å²) in [6.07, 6.45) is 18.0. The van der Waals surface area contributed by atoms with Gasteiger partial charge in [-0.2, -0.15) is 0 Å². The Labute approximate surface area is 233 Å². The maximum atomic E-state index is 4.29. The second kappa shape index (κ2) is 15.3. The third kappa shape index (κ3) is 9.69. The fourth-order valence-electron chi connectivity index (χ4n) is 3.03. The fraction of sp³-hybridized carbons (Fsp3) is 0. The molecule has 2 heteroatoms. The minimum absolute atomic E-state index is 0. The molecule has 2 aliphatic carbocycles. The molecule has 0 aliphatic heterocycles. The molecule has 3 aromatic carbocycles. The summed E-state index contributed by atoms with van der Waals surface area (Å²) < 4.78 is 0. The van der Waals surface area contributed by atoms with Gasteiger partial charge in [0.1, 0.15) is 0 Å². The first-order chi connectivity index (χ1) is 17.2. The average molecular weight is 518 g/mol. The molecule has 5 rings (SSSR count). The molecule has 10 radical (unpaired) electrons. The van der Waals surface area contributed by atoms with E-state index in [1.807, 2.05) is 131 Å². The fourth-order valence-corrected chi connectivity index (χ4v) is 3.18. The van der Waals surface area contributed by atoms with E-state index in [0.29, 0.717) is 0 Å². The summed E-state index contributed by atoms with van der Waals surface area (Å²) in [6.45, 7) is 0. The smallest absolute Gasteiger partial charge is 0.143 e. The zero-order valence-electron chi connectivity index (χ0n) is 19.4. The first-order valence-corrected chi connectivity index (χ1v) is 11.6. The van der Waals surface area contributed by atoms with Crippen molar-refractivity contribution in [3.8, 4) is 35.5 Å². The van der Waals surface area contributed by atoms with Gasteiger partial charge in [-0.05, 0) is 131 Å². The van der Waals surface area contributed by atoms with E-state index in [1.165, 1.54) is 0 Å². The Kier molecular flexibility index (Phi) is 11.8. The van der Waals surface area contributed by atoms with Crippen molar-refractivity contribution in [1.29, 1.82) is 0 Å². The van der Waals surface area contributed by atoms with Crippen LogP contribution in [0.4, 0.5) is 0 Å². The van der Waals surface area contributed by atoms with E-state index in [4.69, 9.17) is 0 Å². The van der Waals surface area contributed by atoms with Crippen LogP contribution in [0.3, 0.4) is 0 Å². The van der Waals surface area contributed by atoms with Gasteiger partial charge in [0.15, 0.2) is 0 Å². The molecule has 0 unspecified atom stereocenters. The third-order valence-corrected chi connectivity index (χ3v) is 5.21. The molecule has 0 atom stereocenters. The van der Waals surface area contributed by atoms with Gasteiger partial charge in [0.25, 0.3) is 0 Å². The minimum atomic E-state index is 0. The topological polar surface area (TPSA) is 0 Å². The first kappa shape index (κ1) is 27.8. The number of rotatable bonds is 0. The molecule has 2 fully saturated rings. The average Bonchev–Trinajstić information content (AvgIpc) is 3.65. The van der Waals surface area contributed by atoms with Crippen LogP contribution in [0, 0.1) is 99.2 Å². The molecule has 3 aromatic rings. The van der Waals surface area contributed by atoms with Crippen molar-refractivity contribution in [1.82, 2.24) is 0 Å². The molecule has 170 valence electrons. The summed E-state index contributed by atoms with van der Waals surface area (Å²) in [6, 6.07) is 23.8. The molecule has 0 N–H and O–H groups in total. The van der Waals surface area contributed by atoms with Gasteiger partial charge >= 0.3 is 17.1 Å². The summed E-state index contributed by atoms with van der Waals surface area (Å²) in [5, 5.41) is 0. The summed E-state index contributed by atoms with van der Waals surface area (Å²) in [7, 11) is 0. The second-order valence-corrected chi connectivity index (χ2v) is 8.10. The number of hydrogen-bond donors (Lipinski definition) is 1. The van der Waals surface area contributed by atoms with Gasteiger partial charge in [0.05, 0.1) is 5.92 Å². The van der Waals surface area contributed by atoms with E-state index in [2.05, 4.69) is 48.2 Å². The predicted molar refractivity (Wildman–Crippen MR) is 147 cm³/mol. The molecule has 0 saturated heterocycles. The molecule has 0 aromatic heterocycles. The van der Waals surface area contributed by atoms with Crippen LogP contribution in [0.15, 0.2) is 77.7 Å². The maximum absolute atomic E-state index is 4.29. The van der Waals surface area contributed by atoms with Crippen molar-refractivity contribution in [3.05, 3.63) is 164 Å². The molecule has 0 heterocycles. The van der Waals surface area contributed by atoms with E-state index in [9.17, 15) is 0 Å². The van der Waals surface area contributed by atoms with Gasteiger partial charge in [-0.1, -0.05) is 35.5 Å². The van der Waals surface area contributed by atoms with Crippen LogP contribution in [0.5, 0.6) is 0 Å². The van der Waals surface area contributed by atoms with E-state index in [1.54, 1.807) is 0 Å². The van der Waals surface area contributed by atoms with Crippen molar-refractivity contribution >= 4 is 12.6 Å².